The van der Waals surface area contributed by atoms with Gasteiger partial charge < -0.3 is 14.4 Å². The van der Waals surface area contributed by atoms with Crippen molar-refractivity contribution in [1.29, 1.82) is 0 Å². The van der Waals surface area contributed by atoms with E-state index in [4.69, 9.17) is 14.4 Å². The third kappa shape index (κ3) is 2.96. The van der Waals surface area contributed by atoms with E-state index >= 15 is 0 Å². The molecule has 0 amide bonds. The van der Waals surface area contributed by atoms with Gasteiger partial charge >= 0.3 is 0 Å². The molecule has 0 spiro atoms. The first kappa shape index (κ1) is 11.4. The number of phenolic OH excluding ortho intramolecular Hbond substituents is 1. The first-order chi connectivity index (χ1) is 8.15. The molecule has 0 saturated heterocycles. The van der Waals surface area contributed by atoms with E-state index in [0.29, 0.717) is 17.5 Å². The van der Waals surface area contributed by atoms with Crippen LogP contribution in [0.5, 0.6) is 11.5 Å². The molecule has 1 aromatic carbocycles. The van der Waals surface area contributed by atoms with Crippen LogP contribution >= 0.6 is 0 Å². The van der Waals surface area contributed by atoms with Crippen LogP contribution in [0.1, 0.15) is 31.5 Å². The zero-order valence-electron chi connectivity index (χ0n) is 9.75. The minimum Gasteiger partial charge on any atom is -0.508 e. The third-order valence-electron chi connectivity index (χ3n) is 2.18. The van der Waals surface area contributed by atoms with Crippen molar-refractivity contribution in [1.82, 2.24) is 10.1 Å². The molecule has 2 rings (SSSR count). The van der Waals surface area contributed by atoms with E-state index in [-0.39, 0.29) is 18.3 Å². The number of ether oxygens (including phenoxy) is 1. The second-order valence-electron chi connectivity index (χ2n) is 3.99. The molecule has 0 bridgehead atoms. The van der Waals surface area contributed by atoms with E-state index in [0.717, 1.165) is 0 Å². The van der Waals surface area contributed by atoms with Gasteiger partial charge in [0.2, 0.25) is 11.7 Å². The van der Waals surface area contributed by atoms with E-state index in [1.165, 1.54) is 0 Å². The van der Waals surface area contributed by atoms with Crippen LogP contribution in [0, 0.1) is 0 Å². The van der Waals surface area contributed by atoms with Crippen LogP contribution < -0.4 is 4.74 Å². The molecule has 0 radical (unpaired) electrons. The Hall–Kier alpha value is -2.04. The normalized spacial score (nSPS) is 10.8. The number of hydrogen-bond acceptors (Lipinski definition) is 5. The molecule has 0 unspecified atom stereocenters. The number of rotatable bonds is 4. The summed E-state index contributed by atoms with van der Waals surface area (Å²) in [7, 11) is 0. The largest absolute Gasteiger partial charge is 0.508 e. The van der Waals surface area contributed by atoms with Gasteiger partial charge in [0, 0.05) is 5.92 Å². The number of hydrogen-bond donors (Lipinski definition) is 1. The summed E-state index contributed by atoms with van der Waals surface area (Å²) >= 11 is 0. The van der Waals surface area contributed by atoms with E-state index < -0.39 is 0 Å². The summed E-state index contributed by atoms with van der Waals surface area (Å²) in [5, 5.41) is 12.9. The SMILES string of the molecule is CC(C)c1nc(COc2ccc(O)cc2)no1. The summed E-state index contributed by atoms with van der Waals surface area (Å²) in [6.45, 7) is 4.22. The van der Waals surface area contributed by atoms with Crippen LogP contribution in [-0.2, 0) is 6.61 Å². The first-order valence-corrected chi connectivity index (χ1v) is 5.39. The predicted molar refractivity (Wildman–Crippen MR) is 60.8 cm³/mol. The summed E-state index contributed by atoms with van der Waals surface area (Å²) in [5.74, 6) is 2.19. The van der Waals surface area contributed by atoms with Gasteiger partial charge in [-0.15, -0.1) is 0 Å². The number of benzene rings is 1. The molecule has 5 nitrogen and oxygen atoms in total. The molecule has 1 aromatic heterocycles. The number of aromatic nitrogens is 2. The van der Waals surface area contributed by atoms with Crippen molar-refractivity contribution in [2.24, 2.45) is 0 Å². The summed E-state index contributed by atoms with van der Waals surface area (Å²) in [4.78, 5) is 4.19. The lowest BCUT2D eigenvalue weighted by Gasteiger charge is -2.02. The van der Waals surface area contributed by atoms with Crippen molar-refractivity contribution < 1.29 is 14.4 Å². The molecule has 2 aromatic rings. The maximum Gasteiger partial charge on any atom is 0.229 e. The fourth-order valence-electron chi connectivity index (χ4n) is 1.25. The van der Waals surface area contributed by atoms with Crippen molar-refractivity contribution in [3.63, 3.8) is 0 Å². The minimum absolute atomic E-state index is 0.207. The van der Waals surface area contributed by atoms with Crippen molar-refractivity contribution in [3.05, 3.63) is 36.0 Å². The Kier molecular flexibility index (Phi) is 3.27. The smallest absolute Gasteiger partial charge is 0.229 e. The highest BCUT2D eigenvalue weighted by Crippen LogP contribution is 2.17. The summed E-state index contributed by atoms with van der Waals surface area (Å²) in [6.07, 6.45) is 0. The lowest BCUT2D eigenvalue weighted by molar-refractivity contribution is 0.284. The molecule has 0 saturated carbocycles. The Morgan fingerprint density at radius 1 is 1.29 bits per heavy atom. The zero-order chi connectivity index (χ0) is 12.3. The highest BCUT2D eigenvalue weighted by atomic mass is 16.5. The van der Waals surface area contributed by atoms with Gasteiger partial charge in [-0.25, -0.2) is 0 Å². The topological polar surface area (TPSA) is 68.4 Å². The molecule has 1 N–H and O–H groups in total. The molecule has 0 atom stereocenters. The average Bonchev–Trinajstić information content (AvgIpc) is 2.77. The first-order valence-electron chi connectivity index (χ1n) is 5.39. The number of aromatic hydroxyl groups is 1. The summed E-state index contributed by atoms with van der Waals surface area (Å²) in [6, 6.07) is 6.48. The van der Waals surface area contributed by atoms with Gasteiger partial charge in [-0.1, -0.05) is 19.0 Å². The van der Waals surface area contributed by atoms with Crippen molar-refractivity contribution in [2.75, 3.05) is 0 Å². The Morgan fingerprint density at radius 2 is 2.00 bits per heavy atom. The van der Waals surface area contributed by atoms with Crippen molar-refractivity contribution in [2.45, 2.75) is 26.4 Å². The molecular formula is C12H14N2O3. The lowest BCUT2D eigenvalue weighted by atomic mass is 10.2. The summed E-state index contributed by atoms with van der Waals surface area (Å²) < 4.78 is 10.5. The standard InChI is InChI=1S/C12H14N2O3/c1-8(2)12-13-11(14-17-12)7-16-10-5-3-9(15)4-6-10/h3-6,8,15H,7H2,1-2H3. The molecule has 0 fully saturated rings. The maximum absolute atomic E-state index is 9.11. The third-order valence-corrected chi connectivity index (χ3v) is 2.18. The Labute approximate surface area is 99.0 Å². The lowest BCUT2D eigenvalue weighted by Crippen LogP contribution is -1.98. The molecule has 0 aliphatic heterocycles. The fourth-order valence-corrected chi connectivity index (χ4v) is 1.25. The van der Waals surface area contributed by atoms with Crippen LogP contribution in [0.3, 0.4) is 0 Å². The van der Waals surface area contributed by atoms with E-state index in [2.05, 4.69) is 10.1 Å². The van der Waals surface area contributed by atoms with Crippen LogP contribution in [-0.4, -0.2) is 15.2 Å². The van der Waals surface area contributed by atoms with Crippen LogP contribution in [0.15, 0.2) is 28.8 Å². The second-order valence-corrected chi connectivity index (χ2v) is 3.99. The van der Waals surface area contributed by atoms with Gasteiger partial charge in [0.1, 0.15) is 11.5 Å². The predicted octanol–water partition coefficient (Wildman–Crippen LogP) is 2.48. The Bertz CT molecular complexity index is 477. The summed E-state index contributed by atoms with van der Waals surface area (Å²) in [5.41, 5.74) is 0. The molecular weight excluding hydrogens is 220 g/mol. The van der Waals surface area contributed by atoms with Gasteiger partial charge in [0.05, 0.1) is 0 Å². The van der Waals surface area contributed by atoms with Crippen LogP contribution in [0.2, 0.25) is 0 Å². The average molecular weight is 234 g/mol. The van der Waals surface area contributed by atoms with Gasteiger partial charge in [0.15, 0.2) is 6.61 Å². The Morgan fingerprint density at radius 3 is 2.59 bits per heavy atom. The molecule has 0 aliphatic rings. The highest BCUT2D eigenvalue weighted by molar-refractivity contribution is 5.30. The zero-order valence-corrected chi connectivity index (χ0v) is 9.75. The van der Waals surface area contributed by atoms with Gasteiger partial charge in [-0.05, 0) is 24.3 Å². The monoisotopic (exact) mass is 234 g/mol. The molecule has 1 heterocycles. The Balaban J connectivity index is 1.95. The molecule has 90 valence electrons. The minimum atomic E-state index is 0.207. The number of nitrogens with zero attached hydrogens (tertiary/aromatic N) is 2. The second kappa shape index (κ2) is 4.86. The van der Waals surface area contributed by atoms with Crippen molar-refractivity contribution >= 4 is 0 Å². The molecule has 17 heavy (non-hydrogen) atoms. The van der Waals surface area contributed by atoms with Crippen LogP contribution in [0.25, 0.3) is 0 Å². The van der Waals surface area contributed by atoms with Crippen LogP contribution in [0.4, 0.5) is 0 Å². The fraction of sp³-hybridized carbons (Fsp3) is 0.333. The van der Waals surface area contributed by atoms with Gasteiger partial charge in [-0.2, -0.15) is 4.98 Å². The molecule has 5 heteroatoms. The quantitative estimate of drug-likeness (QED) is 0.880. The van der Waals surface area contributed by atoms with Crippen molar-refractivity contribution in [3.8, 4) is 11.5 Å². The van der Waals surface area contributed by atoms with Gasteiger partial charge in [-0.3, -0.25) is 0 Å². The number of phenols is 1. The van der Waals surface area contributed by atoms with Gasteiger partial charge in [0.25, 0.3) is 0 Å². The van der Waals surface area contributed by atoms with E-state index in [1.807, 2.05) is 13.8 Å². The van der Waals surface area contributed by atoms with E-state index in [9.17, 15) is 0 Å². The maximum atomic E-state index is 9.11. The molecule has 0 aliphatic carbocycles. The highest BCUT2D eigenvalue weighted by Gasteiger charge is 2.09. The van der Waals surface area contributed by atoms with E-state index in [1.54, 1.807) is 24.3 Å².